The summed E-state index contributed by atoms with van der Waals surface area (Å²) in [5.41, 5.74) is 2.72. The van der Waals surface area contributed by atoms with Crippen molar-refractivity contribution >= 4 is 11.9 Å². The molecule has 2 heteroatoms. The molecule has 0 saturated carbocycles. The van der Waals surface area contributed by atoms with Gasteiger partial charge in [-0.3, -0.25) is 0 Å². The van der Waals surface area contributed by atoms with Gasteiger partial charge in [0.1, 0.15) is 12.8 Å². The lowest BCUT2D eigenvalue weighted by Crippen LogP contribution is -2.15. The fourth-order valence-corrected chi connectivity index (χ4v) is 2.09. The van der Waals surface area contributed by atoms with Gasteiger partial charge in [0, 0.05) is 11.6 Å². The van der Waals surface area contributed by atoms with Gasteiger partial charge < -0.3 is 4.74 Å². The van der Waals surface area contributed by atoms with E-state index in [1.807, 2.05) is 6.07 Å². The van der Waals surface area contributed by atoms with Crippen LogP contribution < -0.4 is 4.74 Å². The maximum absolute atomic E-state index is 5.24. The summed E-state index contributed by atoms with van der Waals surface area (Å²) in [6, 6.07) is 6.24. The Morgan fingerprint density at radius 2 is 2.00 bits per heavy atom. The second kappa shape index (κ2) is 2.84. The lowest BCUT2D eigenvalue weighted by molar-refractivity contribution is -0.397. The molecule has 0 amide bonds. The number of benzene rings is 1. The van der Waals surface area contributed by atoms with Gasteiger partial charge in [0.25, 0.3) is 0 Å². The summed E-state index contributed by atoms with van der Waals surface area (Å²) in [6.45, 7) is 4.43. The van der Waals surface area contributed by atoms with Crippen LogP contribution in [-0.4, -0.2) is 24.9 Å². The Labute approximate surface area is 84.8 Å². The summed E-state index contributed by atoms with van der Waals surface area (Å²) in [5, 5.41) is 0. The topological polar surface area (TPSA) is 12.2 Å². The van der Waals surface area contributed by atoms with Gasteiger partial charge in [-0.15, -0.1) is 0 Å². The van der Waals surface area contributed by atoms with Crippen molar-refractivity contribution in [2.24, 2.45) is 0 Å². The molecule has 0 bridgehead atoms. The number of ether oxygens (including phenoxy) is 1. The summed E-state index contributed by atoms with van der Waals surface area (Å²) in [4.78, 5) is 0. The highest BCUT2D eigenvalue weighted by Crippen LogP contribution is 2.37. The van der Waals surface area contributed by atoms with E-state index in [0.29, 0.717) is 0 Å². The van der Waals surface area contributed by atoms with E-state index >= 15 is 0 Å². The maximum atomic E-state index is 5.24. The Morgan fingerprint density at radius 1 is 1.29 bits per heavy atom. The third kappa shape index (κ3) is 1.22. The minimum absolute atomic E-state index is 0.110. The molecule has 0 fully saturated rings. The average Bonchev–Trinajstić information content (AvgIpc) is 2.37. The normalized spacial score (nSPS) is 17.6. The molecule has 1 aromatic carbocycles. The van der Waals surface area contributed by atoms with Gasteiger partial charge in [0.05, 0.1) is 12.5 Å². The molecule has 0 atom stereocenters. The van der Waals surface area contributed by atoms with Crippen molar-refractivity contribution in [2.75, 3.05) is 14.2 Å². The Hall–Kier alpha value is -1.31. The summed E-state index contributed by atoms with van der Waals surface area (Å²) in [7, 11) is 3.79. The first-order valence-corrected chi connectivity index (χ1v) is 4.82. The molecule has 0 spiro atoms. The number of fused-ring (bicyclic) bond motifs is 1. The zero-order chi connectivity index (χ0) is 10.3. The highest BCUT2D eigenvalue weighted by atomic mass is 16.5. The van der Waals surface area contributed by atoms with Crippen molar-refractivity contribution < 1.29 is 9.31 Å². The van der Waals surface area contributed by atoms with Crippen LogP contribution in [0.3, 0.4) is 0 Å². The van der Waals surface area contributed by atoms with Gasteiger partial charge in [0.15, 0.2) is 6.21 Å². The molecule has 0 saturated heterocycles. The van der Waals surface area contributed by atoms with Gasteiger partial charge in [-0.1, -0.05) is 0 Å². The van der Waals surface area contributed by atoms with Gasteiger partial charge >= 0.3 is 0 Å². The molecule has 74 valence electrons. The van der Waals surface area contributed by atoms with Gasteiger partial charge in [-0.05, 0) is 26.0 Å². The molecule has 0 unspecified atom stereocenters. The average molecular weight is 190 g/mol. The molecular formula is C12H16NO+. The van der Waals surface area contributed by atoms with Crippen LogP contribution in [0.4, 0.5) is 5.69 Å². The van der Waals surface area contributed by atoms with Crippen LogP contribution in [0.25, 0.3) is 0 Å². The molecule has 1 heterocycles. The van der Waals surface area contributed by atoms with E-state index in [1.54, 1.807) is 7.11 Å². The minimum Gasteiger partial charge on any atom is -0.497 e. The first-order valence-electron chi connectivity index (χ1n) is 4.82. The van der Waals surface area contributed by atoms with Crippen molar-refractivity contribution in [3.05, 3.63) is 23.8 Å². The van der Waals surface area contributed by atoms with E-state index in [0.717, 1.165) is 5.75 Å². The Bertz CT molecular complexity index is 405. The smallest absolute Gasteiger partial charge is 0.209 e. The quantitative estimate of drug-likeness (QED) is 0.619. The van der Waals surface area contributed by atoms with Gasteiger partial charge in [-0.25, -0.2) is 4.58 Å². The van der Waals surface area contributed by atoms with Crippen molar-refractivity contribution in [3.8, 4) is 5.75 Å². The molecule has 1 aromatic rings. The molecule has 1 aliphatic heterocycles. The minimum atomic E-state index is 0.110. The molecular weight excluding hydrogens is 174 g/mol. The number of hydrogen-bond acceptors (Lipinski definition) is 1. The fraction of sp³-hybridized carbons (Fsp3) is 0.417. The Kier molecular flexibility index (Phi) is 1.88. The third-order valence-corrected chi connectivity index (χ3v) is 2.79. The van der Waals surface area contributed by atoms with Crippen LogP contribution in [0.1, 0.15) is 19.4 Å². The first-order chi connectivity index (χ1) is 6.54. The molecule has 2 nitrogen and oxygen atoms in total. The summed E-state index contributed by atoms with van der Waals surface area (Å²) >= 11 is 0. The number of hydrogen-bond donors (Lipinski definition) is 0. The van der Waals surface area contributed by atoms with E-state index < -0.39 is 0 Å². The number of nitrogens with zero attached hydrogens (tertiary/aromatic N) is 1. The van der Waals surface area contributed by atoms with E-state index in [4.69, 9.17) is 4.74 Å². The fourth-order valence-electron chi connectivity index (χ4n) is 2.09. The summed E-state index contributed by atoms with van der Waals surface area (Å²) in [6.07, 6.45) is 2.23. The molecule has 14 heavy (non-hydrogen) atoms. The van der Waals surface area contributed by atoms with E-state index in [9.17, 15) is 0 Å². The molecule has 0 N–H and O–H groups in total. The second-order valence-electron chi connectivity index (χ2n) is 4.34. The zero-order valence-corrected chi connectivity index (χ0v) is 9.16. The SMILES string of the molecule is COc1ccc2c(c1)C(C)(C)C=[N+]2C. The van der Waals surface area contributed by atoms with E-state index in [-0.39, 0.29) is 5.41 Å². The maximum Gasteiger partial charge on any atom is 0.209 e. The highest BCUT2D eigenvalue weighted by molar-refractivity contribution is 5.77. The Balaban J connectivity index is 2.59. The van der Waals surface area contributed by atoms with Crippen LogP contribution in [-0.2, 0) is 5.41 Å². The van der Waals surface area contributed by atoms with Crippen LogP contribution in [0.5, 0.6) is 5.75 Å². The van der Waals surface area contributed by atoms with Crippen LogP contribution >= 0.6 is 0 Å². The van der Waals surface area contributed by atoms with Crippen molar-refractivity contribution in [1.29, 1.82) is 0 Å². The van der Waals surface area contributed by atoms with Crippen molar-refractivity contribution in [3.63, 3.8) is 0 Å². The van der Waals surface area contributed by atoms with Crippen molar-refractivity contribution in [2.45, 2.75) is 19.3 Å². The second-order valence-corrected chi connectivity index (χ2v) is 4.34. The van der Waals surface area contributed by atoms with Gasteiger partial charge in [-0.2, -0.15) is 0 Å². The van der Waals surface area contributed by atoms with E-state index in [1.165, 1.54) is 11.3 Å². The first kappa shape index (κ1) is 9.25. The highest BCUT2D eigenvalue weighted by Gasteiger charge is 2.35. The standard InChI is InChI=1S/C12H16NO/c1-12(2)8-13(3)11-6-5-9(14-4)7-10(11)12/h5-8H,1-4H3/q+1. The lowest BCUT2D eigenvalue weighted by atomic mass is 9.87. The predicted octanol–water partition coefficient (Wildman–Crippen LogP) is 2.33. The molecule has 2 rings (SSSR count). The van der Waals surface area contributed by atoms with Gasteiger partial charge in [0.2, 0.25) is 5.69 Å². The largest absolute Gasteiger partial charge is 0.497 e. The predicted molar refractivity (Wildman–Crippen MR) is 57.9 cm³/mol. The monoisotopic (exact) mass is 190 g/mol. The van der Waals surface area contributed by atoms with Crippen LogP contribution in [0, 0.1) is 0 Å². The number of methoxy groups -OCH3 is 1. The van der Waals surface area contributed by atoms with E-state index in [2.05, 4.69) is 43.8 Å². The van der Waals surface area contributed by atoms with Crippen molar-refractivity contribution in [1.82, 2.24) is 0 Å². The number of rotatable bonds is 1. The zero-order valence-electron chi connectivity index (χ0n) is 9.16. The molecule has 0 radical (unpaired) electrons. The van der Waals surface area contributed by atoms with Crippen LogP contribution in [0.2, 0.25) is 0 Å². The summed E-state index contributed by atoms with van der Waals surface area (Å²) < 4.78 is 7.41. The lowest BCUT2D eigenvalue weighted by Gasteiger charge is -2.11. The molecule has 1 aliphatic rings. The Morgan fingerprint density at radius 3 is 2.64 bits per heavy atom. The molecule has 0 aliphatic carbocycles. The summed E-state index contributed by atoms with van der Waals surface area (Å²) in [5.74, 6) is 0.931. The van der Waals surface area contributed by atoms with Crippen LogP contribution in [0.15, 0.2) is 18.2 Å². The third-order valence-electron chi connectivity index (χ3n) is 2.79. The molecule has 0 aromatic heterocycles.